The molecule has 0 saturated heterocycles. The minimum atomic E-state index is -0.343. The van der Waals surface area contributed by atoms with Gasteiger partial charge in [-0.1, -0.05) is 34.5 Å². The second-order valence-electron chi connectivity index (χ2n) is 7.38. The summed E-state index contributed by atoms with van der Waals surface area (Å²) in [6, 6.07) is 14.3. The van der Waals surface area contributed by atoms with Gasteiger partial charge in [-0.05, 0) is 74.2 Å². The third-order valence-electron chi connectivity index (χ3n) is 4.94. The first-order valence-electron chi connectivity index (χ1n) is 10.7. The van der Waals surface area contributed by atoms with Crippen LogP contribution in [0.25, 0.3) is 5.69 Å². The number of unbranched alkanes of at least 4 members (excludes halogenated alkanes) is 2. The molecule has 1 N–H and O–H groups in total. The Kier molecular flexibility index (Phi) is 9.14. The standard InChI is InChI=1S/C24H27BrClN3O3/c1-2-14-28(15-4-3-5-16-30)22-17-27-29(20-10-8-19(26)9-11-20)24(31)23(22)32-21-12-6-18(25)7-13-21/h6-13,17,30H,2-5,14-16H2,1H3. The van der Waals surface area contributed by atoms with E-state index in [1.165, 1.54) is 4.68 Å². The van der Waals surface area contributed by atoms with Gasteiger partial charge < -0.3 is 14.7 Å². The Balaban J connectivity index is 2.03. The van der Waals surface area contributed by atoms with Crippen molar-refractivity contribution in [3.05, 3.63) is 74.6 Å². The van der Waals surface area contributed by atoms with E-state index in [0.717, 1.165) is 43.2 Å². The fourth-order valence-corrected chi connectivity index (χ4v) is 3.74. The van der Waals surface area contributed by atoms with Crippen molar-refractivity contribution in [1.82, 2.24) is 9.78 Å². The smallest absolute Gasteiger partial charge is 0.316 e. The van der Waals surface area contributed by atoms with E-state index in [-0.39, 0.29) is 17.9 Å². The van der Waals surface area contributed by atoms with E-state index in [4.69, 9.17) is 21.4 Å². The van der Waals surface area contributed by atoms with Gasteiger partial charge in [0.25, 0.3) is 0 Å². The Morgan fingerprint density at radius 2 is 1.78 bits per heavy atom. The summed E-state index contributed by atoms with van der Waals surface area (Å²) in [4.78, 5) is 15.6. The van der Waals surface area contributed by atoms with E-state index in [0.29, 0.717) is 22.1 Å². The number of hydrogen-bond acceptors (Lipinski definition) is 5. The SMILES string of the molecule is CCCN(CCCCCO)c1cnn(-c2ccc(Cl)cc2)c(=O)c1Oc1ccc(Br)cc1. The van der Waals surface area contributed by atoms with Crippen molar-refractivity contribution >= 4 is 33.2 Å². The zero-order valence-corrected chi connectivity index (χ0v) is 20.3. The molecule has 0 aliphatic carbocycles. The van der Waals surface area contributed by atoms with Crippen LogP contribution in [0, 0.1) is 0 Å². The number of rotatable bonds is 11. The summed E-state index contributed by atoms with van der Waals surface area (Å²) in [7, 11) is 0. The zero-order chi connectivity index (χ0) is 22.9. The molecule has 0 fully saturated rings. The van der Waals surface area contributed by atoms with Gasteiger partial charge in [-0.3, -0.25) is 4.79 Å². The fourth-order valence-electron chi connectivity index (χ4n) is 3.35. The van der Waals surface area contributed by atoms with Crippen molar-refractivity contribution in [3.63, 3.8) is 0 Å². The van der Waals surface area contributed by atoms with Gasteiger partial charge >= 0.3 is 5.56 Å². The Morgan fingerprint density at radius 1 is 1.06 bits per heavy atom. The largest absolute Gasteiger partial charge is 0.449 e. The van der Waals surface area contributed by atoms with Crippen molar-refractivity contribution in [3.8, 4) is 17.2 Å². The molecule has 2 aromatic carbocycles. The molecule has 0 aliphatic heterocycles. The molecular weight excluding hydrogens is 494 g/mol. The second-order valence-corrected chi connectivity index (χ2v) is 8.73. The van der Waals surface area contributed by atoms with E-state index < -0.39 is 0 Å². The number of ether oxygens (including phenoxy) is 1. The Morgan fingerprint density at radius 3 is 2.44 bits per heavy atom. The van der Waals surface area contributed by atoms with Crippen LogP contribution in [0.2, 0.25) is 5.02 Å². The summed E-state index contributed by atoms with van der Waals surface area (Å²) in [5.74, 6) is 0.796. The highest BCUT2D eigenvalue weighted by Gasteiger charge is 2.20. The van der Waals surface area contributed by atoms with E-state index in [2.05, 4.69) is 32.9 Å². The number of aliphatic hydroxyl groups excluding tert-OH is 1. The maximum absolute atomic E-state index is 13.5. The maximum atomic E-state index is 13.5. The highest BCUT2D eigenvalue weighted by Crippen LogP contribution is 2.30. The lowest BCUT2D eigenvalue weighted by molar-refractivity contribution is 0.283. The number of aromatic nitrogens is 2. The monoisotopic (exact) mass is 519 g/mol. The van der Waals surface area contributed by atoms with Gasteiger partial charge in [-0.2, -0.15) is 9.78 Å². The van der Waals surface area contributed by atoms with E-state index in [1.807, 2.05) is 24.3 Å². The van der Waals surface area contributed by atoms with Gasteiger partial charge in [0.2, 0.25) is 5.75 Å². The molecule has 0 atom stereocenters. The molecule has 1 heterocycles. The summed E-state index contributed by atoms with van der Waals surface area (Å²) in [5, 5.41) is 14.1. The summed E-state index contributed by atoms with van der Waals surface area (Å²) < 4.78 is 8.38. The fraction of sp³-hybridized carbons (Fsp3) is 0.333. The number of nitrogens with zero attached hydrogens (tertiary/aromatic N) is 3. The Bertz CT molecular complexity index is 1060. The Labute approximate surface area is 201 Å². The summed E-state index contributed by atoms with van der Waals surface area (Å²) in [5.41, 5.74) is 0.926. The summed E-state index contributed by atoms with van der Waals surface area (Å²) in [6.07, 6.45) is 5.18. The van der Waals surface area contributed by atoms with Crippen molar-refractivity contribution in [2.75, 3.05) is 24.6 Å². The minimum absolute atomic E-state index is 0.185. The minimum Gasteiger partial charge on any atom is -0.449 e. The molecule has 0 bridgehead atoms. The summed E-state index contributed by atoms with van der Waals surface area (Å²) in [6.45, 7) is 3.79. The van der Waals surface area contributed by atoms with Crippen LogP contribution in [0.4, 0.5) is 5.69 Å². The van der Waals surface area contributed by atoms with Gasteiger partial charge in [0, 0.05) is 29.2 Å². The van der Waals surface area contributed by atoms with Crippen molar-refractivity contribution < 1.29 is 9.84 Å². The molecule has 3 aromatic rings. The molecule has 6 nitrogen and oxygen atoms in total. The molecule has 32 heavy (non-hydrogen) atoms. The number of halogens is 2. The Hall–Kier alpha value is -2.35. The van der Waals surface area contributed by atoms with Gasteiger partial charge in [-0.25, -0.2) is 0 Å². The van der Waals surface area contributed by atoms with E-state index in [9.17, 15) is 4.79 Å². The molecule has 0 unspecified atom stereocenters. The molecule has 3 rings (SSSR count). The van der Waals surface area contributed by atoms with Crippen molar-refractivity contribution in [2.24, 2.45) is 0 Å². The molecular formula is C24H27BrClN3O3. The van der Waals surface area contributed by atoms with Gasteiger partial charge in [-0.15, -0.1) is 0 Å². The first-order chi connectivity index (χ1) is 15.5. The third-order valence-corrected chi connectivity index (χ3v) is 5.72. The zero-order valence-electron chi connectivity index (χ0n) is 18.0. The third kappa shape index (κ3) is 6.34. The van der Waals surface area contributed by atoms with Gasteiger partial charge in [0.1, 0.15) is 11.4 Å². The lowest BCUT2D eigenvalue weighted by Gasteiger charge is -2.26. The van der Waals surface area contributed by atoms with Gasteiger partial charge in [0.05, 0.1) is 11.9 Å². The van der Waals surface area contributed by atoms with Crippen molar-refractivity contribution in [2.45, 2.75) is 32.6 Å². The van der Waals surface area contributed by atoms with Crippen LogP contribution in [0.15, 0.2) is 64.0 Å². The predicted molar refractivity (Wildman–Crippen MR) is 133 cm³/mol. The first-order valence-corrected chi connectivity index (χ1v) is 11.9. The van der Waals surface area contributed by atoms with Gasteiger partial charge in [0.15, 0.2) is 0 Å². The number of anilines is 1. The van der Waals surface area contributed by atoms with E-state index in [1.54, 1.807) is 30.5 Å². The maximum Gasteiger partial charge on any atom is 0.316 e. The molecule has 0 radical (unpaired) electrons. The number of benzene rings is 2. The molecule has 1 aromatic heterocycles. The second kappa shape index (κ2) is 12.0. The quantitative estimate of drug-likeness (QED) is 0.323. The van der Waals surface area contributed by atoms with Crippen LogP contribution < -0.4 is 15.2 Å². The van der Waals surface area contributed by atoms with Crippen LogP contribution in [-0.2, 0) is 0 Å². The molecule has 0 spiro atoms. The molecule has 0 saturated carbocycles. The predicted octanol–water partition coefficient (Wildman–Crippen LogP) is 5.82. The lowest BCUT2D eigenvalue weighted by Crippen LogP contribution is -2.30. The average Bonchev–Trinajstić information content (AvgIpc) is 2.79. The molecule has 8 heteroatoms. The normalized spacial score (nSPS) is 10.9. The van der Waals surface area contributed by atoms with E-state index >= 15 is 0 Å². The van der Waals surface area contributed by atoms with Crippen LogP contribution in [-0.4, -0.2) is 34.6 Å². The van der Waals surface area contributed by atoms with Crippen LogP contribution in [0.3, 0.4) is 0 Å². The lowest BCUT2D eigenvalue weighted by atomic mass is 10.2. The number of aliphatic hydroxyl groups is 1. The first kappa shape index (κ1) is 24.3. The average molecular weight is 521 g/mol. The number of hydrogen-bond donors (Lipinski definition) is 1. The van der Waals surface area contributed by atoms with Crippen LogP contribution in [0.5, 0.6) is 11.5 Å². The van der Waals surface area contributed by atoms with Crippen molar-refractivity contribution in [1.29, 1.82) is 0 Å². The molecule has 0 aliphatic rings. The topological polar surface area (TPSA) is 67.6 Å². The summed E-state index contributed by atoms with van der Waals surface area (Å²) >= 11 is 9.43. The van der Waals surface area contributed by atoms with Crippen LogP contribution >= 0.6 is 27.5 Å². The molecule has 170 valence electrons. The molecule has 0 amide bonds. The highest BCUT2D eigenvalue weighted by atomic mass is 79.9. The highest BCUT2D eigenvalue weighted by molar-refractivity contribution is 9.10. The van der Waals surface area contributed by atoms with Crippen LogP contribution in [0.1, 0.15) is 32.6 Å².